The number of hydrogen-bond acceptors (Lipinski definition) is 5. The Hall–Kier alpha value is -2.31. The van der Waals surface area contributed by atoms with Gasteiger partial charge in [0.25, 0.3) is 5.91 Å². The van der Waals surface area contributed by atoms with Crippen LogP contribution >= 0.6 is 0 Å². The number of nitrogens with zero attached hydrogens (tertiary/aromatic N) is 2. The summed E-state index contributed by atoms with van der Waals surface area (Å²) in [5.41, 5.74) is 2.91. The van der Waals surface area contributed by atoms with E-state index in [1.807, 2.05) is 38.1 Å². The average molecular weight is 511 g/mol. The van der Waals surface area contributed by atoms with Crippen LogP contribution in [0.3, 0.4) is 0 Å². The molecule has 6 heteroatoms. The lowest BCUT2D eigenvalue weighted by molar-refractivity contribution is -0.118. The fourth-order valence-electron chi connectivity index (χ4n) is 5.52. The van der Waals surface area contributed by atoms with Crippen LogP contribution in [0, 0.1) is 5.92 Å². The Kier molecular flexibility index (Phi) is 13.1. The Morgan fingerprint density at radius 1 is 0.946 bits per heavy atom. The van der Waals surface area contributed by atoms with Crippen LogP contribution in [0.5, 0.6) is 0 Å². The molecule has 0 radical (unpaired) electrons. The molecule has 0 unspecified atom stereocenters. The highest BCUT2D eigenvalue weighted by molar-refractivity contribution is 5.93. The maximum atomic E-state index is 13.0. The summed E-state index contributed by atoms with van der Waals surface area (Å²) in [6, 6.07) is 8.23. The van der Waals surface area contributed by atoms with E-state index in [4.69, 9.17) is 4.74 Å². The van der Waals surface area contributed by atoms with E-state index in [0.29, 0.717) is 24.6 Å². The molecule has 3 aliphatic rings. The Bertz CT molecular complexity index is 866. The molecule has 1 aromatic carbocycles. The van der Waals surface area contributed by atoms with Crippen LogP contribution in [0.1, 0.15) is 69.9 Å². The maximum absolute atomic E-state index is 13.0. The van der Waals surface area contributed by atoms with Gasteiger partial charge < -0.3 is 25.2 Å². The smallest absolute Gasteiger partial charge is 0.267 e. The van der Waals surface area contributed by atoms with E-state index in [2.05, 4.69) is 32.6 Å². The van der Waals surface area contributed by atoms with Crippen LogP contribution in [-0.2, 0) is 16.0 Å². The van der Waals surface area contributed by atoms with Crippen molar-refractivity contribution in [2.75, 3.05) is 59.5 Å². The van der Waals surface area contributed by atoms with Crippen LogP contribution in [0.15, 0.2) is 42.1 Å². The summed E-state index contributed by atoms with van der Waals surface area (Å²) in [6.07, 6.45) is 14.0. The van der Waals surface area contributed by atoms with E-state index in [1.165, 1.54) is 71.1 Å². The Morgan fingerprint density at radius 3 is 2.30 bits per heavy atom. The van der Waals surface area contributed by atoms with Crippen molar-refractivity contribution < 1.29 is 9.53 Å². The molecule has 3 heterocycles. The number of carbonyl (C=O) groups is 1. The number of carbonyl (C=O) groups excluding carboxylic acids is 1. The zero-order chi connectivity index (χ0) is 26.3. The highest BCUT2D eigenvalue weighted by atomic mass is 16.5. The zero-order valence-electron chi connectivity index (χ0n) is 23.6. The van der Waals surface area contributed by atoms with Crippen LogP contribution in [0.2, 0.25) is 0 Å². The number of nitrogens with one attached hydrogen (secondary N) is 2. The summed E-state index contributed by atoms with van der Waals surface area (Å²) in [6.45, 7) is 12.6. The highest BCUT2D eigenvalue weighted by Gasteiger charge is 2.21. The second kappa shape index (κ2) is 16.5. The summed E-state index contributed by atoms with van der Waals surface area (Å²) >= 11 is 0. The van der Waals surface area contributed by atoms with Crippen molar-refractivity contribution in [1.29, 1.82) is 0 Å². The molecular formula is C31H50N4O2. The van der Waals surface area contributed by atoms with Gasteiger partial charge in [-0.25, -0.2) is 0 Å². The lowest BCUT2D eigenvalue weighted by Gasteiger charge is -2.34. The number of benzene rings is 1. The second-order valence-corrected chi connectivity index (χ2v) is 10.2. The summed E-state index contributed by atoms with van der Waals surface area (Å²) in [7, 11) is 1.70. The normalized spacial score (nSPS) is 22.9. The minimum atomic E-state index is -0.00346. The van der Waals surface area contributed by atoms with Crippen LogP contribution < -0.4 is 10.6 Å². The van der Waals surface area contributed by atoms with E-state index in [-0.39, 0.29) is 5.91 Å². The first-order valence-electron chi connectivity index (χ1n) is 14.7. The van der Waals surface area contributed by atoms with Crippen molar-refractivity contribution in [3.05, 3.63) is 53.2 Å². The standard InChI is InChI=1S/C29H44N4O2.C2H6/c1-35-28-13-16-30-27(12-11-25-9-5-6-10-26(25)28)29(34)31-23-24-14-19-33(20-15-24)22-21-32-17-7-3-2-4-8-18-32;1-2/h5-6,9-10,12-13,24,30H,2-4,7-8,11,14-23H2,1H3,(H,31,34);1-2H3/b27-12-,28-13+;. The van der Waals surface area contributed by atoms with Crippen molar-refractivity contribution in [3.63, 3.8) is 0 Å². The number of piperidine rings is 1. The van der Waals surface area contributed by atoms with Gasteiger partial charge in [0.05, 0.1) is 12.8 Å². The summed E-state index contributed by atoms with van der Waals surface area (Å²) in [5.74, 6) is 1.41. The number of hydrogen-bond donors (Lipinski definition) is 2. The number of allylic oxidation sites excluding steroid dienone is 1. The fourth-order valence-corrected chi connectivity index (χ4v) is 5.52. The minimum Gasteiger partial charge on any atom is -0.496 e. The molecule has 2 fully saturated rings. The topological polar surface area (TPSA) is 56.8 Å². The van der Waals surface area contributed by atoms with Gasteiger partial charge in [-0.3, -0.25) is 4.79 Å². The lowest BCUT2D eigenvalue weighted by Crippen LogP contribution is -2.43. The molecular weight excluding hydrogens is 460 g/mol. The van der Waals surface area contributed by atoms with Gasteiger partial charge in [-0.05, 0) is 75.8 Å². The number of ether oxygens (including phenoxy) is 1. The van der Waals surface area contributed by atoms with Crippen molar-refractivity contribution in [2.24, 2.45) is 5.92 Å². The summed E-state index contributed by atoms with van der Waals surface area (Å²) < 4.78 is 5.59. The predicted octanol–water partition coefficient (Wildman–Crippen LogP) is 4.82. The third-order valence-electron chi connectivity index (χ3n) is 7.79. The van der Waals surface area contributed by atoms with Crippen molar-refractivity contribution in [1.82, 2.24) is 20.4 Å². The summed E-state index contributed by atoms with van der Waals surface area (Å²) in [4.78, 5) is 18.3. The molecule has 206 valence electrons. The van der Waals surface area contributed by atoms with Crippen LogP contribution in [0.25, 0.3) is 5.76 Å². The van der Waals surface area contributed by atoms with Gasteiger partial charge >= 0.3 is 0 Å². The molecule has 1 aromatic rings. The van der Waals surface area contributed by atoms with Crippen molar-refractivity contribution in [2.45, 2.75) is 65.2 Å². The van der Waals surface area contributed by atoms with Gasteiger partial charge in [-0.2, -0.15) is 0 Å². The first-order chi connectivity index (χ1) is 18.2. The maximum Gasteiger partial charge on any atom is 0.267 e. The Labute approximate surface area is 225 Å². The van der Waals surface area contributed by atoms with E-state index in [0.717, 1.165) is 36.5 Å². The van der Waals surface area contributed by atoms with Gasteiger partial charge in [0.2, 0.25) is 0 Å². The van der Waals surface area contributed by atoms with Gasteiger partial charge in [-0.15, -0.1) is 0 Å². The first kappa shape index (κ1) is 29.2. The van der Waals surface area contributed by atoms with Crippen LogP contribution in [0.4, 0.5) is 0 Å². The first-order valence-corrected chi connectivity index (χ1v) is 14.7. The third-order valence-corrected chi connectivity index (χ3v) is 7.79. The molecule has 4 rings (SSSR count). The Balaban J connectivity index is 0.00000186. The van der Waals surface area contributed by atoms with Gasteiger partial charge in [0, 0.05) is 31.7 Å². The molecule has 0 aliphatic carbocycles. The molecule has 37 heavy (non-hydrogen) atoms. The number of likely N-dealkylation sites (tertiary alicyclic amines) is 2. The molecule has 0 spiro atoms. The number of methoxy groups -OCH3 is 1. The lowest BCUT2D eigenvalue weighted by atomic mass is 9.96. The molecule has 0 atom stereocenters. The molecule has 6 nitrogen and oxygen atoms in total. The summed E-state index contributed by atoms with van der Waals surface area (Å²) in [5, 5.41) is 6.49. The Morgan fingerprint density at radius 2 is 1.59 bits per heavy atom. The largest absolute Gasteiger partial charge is 0.496 e. The van der Waals surface area contributed by atoms with E-state index >= 15 is 0 Å². The monoisotopic (exact) mass is 510 g/mol. The van der Waals surface area contributed by atoms with Gasteiger partial charge in [-0.1, -0.05) is 63.5 Å². The molecule has 0 bridgehead atoms. The second-order valence-electron chi connectivity index (χ2n) is 10.2. The van der Waals surface area contributed by atoms with Crippen LogP contribution in [-0.4, -0.2) is 75.2 Å². The molecule has 2 N–H and O–H groups in total. The van der Waals surface area contributed by atoms with Crippen molar-refractivity contribution in [3.8, 4) is 0 Å². The zero-order valence-corrected chi connectivity index (χ0v) is 23.6. The SMILES string of the molecule is CC.CO/C1=C/CN/C(C(=O)NCC2CCN(CCN3CCCCCCC3)CC2)=C\Cc2ccccc21. The van der Waals surface area contributed by atoms with Crippen molar-refractivity contribution >= 4 is 11.7 Å². The quantitative estimate of drug-likeness (QED) is 0.551. The van der Waals surface area contributed by atoms with Gasteiger partial charge in [0.1, 0.15) is 5.76 Å². The average Bonchev–Trinajstić information content (AvgIpc) is 3.02. The molecule has 1 amide bonds. The molecule has 2 saturated heterocycles. The molecule has 0 saturated carbocycles. The van der Waals surface area contributed by atoms with E-state index < -0.39 is 0 Å². The predicted molar refractivity (Wildman–Crippen MR) is 154 cm³/mol. The van der Waals surface area contributed by atoms with E-state index in [1.54, 1.807) is 7.11 Å². The highest BCUT2D eigenvalue weighted by Crippen LogP contribution is 2.22. The molecule has 3 aliphatic heterocycles. The fraction of sp³-hybridized carbons (Fsp3) is 0.645. The van der Waals surface area contributed by atoms with E-state index in [9.17, 15) is 4.79 Å². The molecule has 0 aromatic heterocycles. The number of fused-ring (bicyclic) bond motifs is 1. The number of rotatable bonds is 7. The number of amides is 1. The third kappa shape index (κ3) is 9.50. The van der Waals surface area contributed by atoms with Gasteiger partial charge in [0.15, 0.2) is 0 Å². The minimum absolute atomic E-state index is 0.00346.